The molecule has 31 heavy (non-hydrogen) atoms. The van der Waals surface area contributed by atoms with Gasteiger partial charge in [0, 0.05) is 11.3 Å². The van der Waals surface area contributed by atoms with Gasteiger partial charge in [-0.25, -0.2) is 4.39 Å². The molecule has 3 aromatic rings. The van der Waals surface area contributed by atoms with Gasteiger partial charge in [-0.15, -0.1) is 0 Å². The van der Waals surface area contributed by atoms with Gasteiger partial charge in [-0.2, -0.15) is 0 Å². The summed E-state index contributed by atoms with van der Waals surface area (Å²) in [6, 6.07) is 10.9. The number of ether oxygens (including phenoxy) is 1. The van der Waals surface area contributed by atoms with Gasteiger partial charge in [-0.05, 0) is 73.5 Å². The van der Waals surface area contributed by atoms with Crippen LogP contribution in [0.15, 0.2) is 64.8 Å². The van der Waals surface area contributed by atoms with Gasteiger partial charge < -0.3 is 14.3 Å². The van der Waals surface area contributed by atoms with Crippen molar-refractivity contribution in [3.63, 3.8) is 0 Å². The number of carbonyl (C=O) groups is 2. The van der Waals surface area contributed by atoms with Crippen LogP contribution in [0.4, 0.5) is 10.1 Å². The fourth-order valence-corrected chi connectivity index (χ4v) is 3.83. The Morgan fingerprint density at radius 3 is 2.42 bits per heavy atom. The lowest BCUT2D eigenvalue weighted by Crippen LogP contribution is -2.29. The van der Waals surface area contributed by atoms with Gasteiger partial charge in [-0.1, -0.05) is 0 Å². The number of benzene rings is 2. The number of aliphatic hydroxyl groups excluding tert-OH is 1. The number of amides is 1. The molecule has 7 heteroatoms. The Morgan fingerprint density at radius 2 is 1.81 bits per heavy atom. The third-order valence-electron chi connectivity index (χ3n) is 5.36. The number of Topliss-reactive ketones (excluding diaryl/α,β-unsaturated/α-hetero) is 1. The van der Waals surface area contributed by atoms with Crippen molar-refractivity contribution >= 4 is 23.1 Å². The maximum Gasteiger partial charge on any atom is 0.300 e. The zero-order valence-corrected chi connectivity index (χ0v) is 17.2. The number of methoxy groups -OCH3 is 1. The Morgan fingerprint density at radius 1 is 1.10 bits per heavy atom. The topological polar surface area (TPSA) is 80.0 Å². The largest absolute Gasteiger partial charge is 0.507 e. The van der Waals surface area contributed by atoms with Gasteiger partial charge in [0.05, 0.1) is 18.9 Å². The van der Waals surface area contributed by atoms with Crippen LogP contribution in [0.25, 0.3) is 5.76 Å². The van der Waals surface area contributed by atoms with Gasteiger partial charge in [0.15, 0.2) is 0 Å². The monoisotopic (exact) mass is 421 g/mol. The van der Waals surface area contributed by atoms with E-state index < -0.39 is 23.5 Å². The summed E-state index contributed by atoms with van der Waals surface area (Å²) in [5.74, 6) is -1.53. The molecule has 1 aliphatic heterocycles. The van der Waals surface area contributed by atoms with Crippen molar-refractivity contribution in [3.8, 4) is 5.75 Å². The van der Waals surface area contributed by atoms with E-state index in [0.29, 0.717) is 28.3 Å². The van der Waals surface area contributed by atoms with Crippen molar-refractivity contribution in [2.45, 2.75) is 19.9 Å². The second-order valence-electron chi connectivity index (χ2n) is 7.30. The molecular formula is C24H20FNO5. The highest BCUT2D eigenvalue weighted by Gasteiger charge is 2.48. The van der Waals surface area contributed by atoms with Crippen molar-refractivity contribution in [2.75, 3.05) is 12.0 Å². The minimum absolute atomic E-state index is 0.100. The van der Waals surface area contributed by atoms with E-state index in [1.54, 1.807) is 38.3 Å². The highest BCUT2D eigenvalue weighted by atomic mass is 19.1. The van der Waals surface area contributed by atoms with Gasteiger partial charge in [0.25, 0.3) is 11.7 Å². The summed E-state index contributed by atoms with van der Waals surface area (Å²) >= 11 is 0. The number of carbonyl (C=O) groups excluding carboxylic acids is 2. The first-order valence-electron chi connectivity index (χ1n) is 9.59. The number of anilines is 1. The van der Waals surface area contributed by atoms with E-state index in [-0.39, 0.29) is 11.3 Å². The predicted molar refractivity (Wildman–Crippen MR) is 112 cm³/mol. The summed E-state index contributed by atoms with van der Waals surface area (Å²) in [7, 11) is 1.55. The van der Waals surface area contributed by atoms with Crippen LogP contribution in [-0.2, 0) is 9.59 Å². The molecule has 2 heterocycles. The van der Waals surface area contributed by atoms with E-state index in [9.17, 15) is 19.1 Å². The first kappa shape index (κ1) is 20.4. The maximum absolute atomic E-state index is 13.4. The molecule has 1 saturated heterocycles. The Bertz CT molecular complexity index is 1200. The highest BCUT2D eigenvalue weighted by Crippen LogP contribution is 2.43. The van der Waals surface area contributed by atoms with Crippen LogP contribution in [0, 0.1) is 19.7 Å². The molecule has 2 aromatic carbocycles. The average Bonchev–Trinajstić information content (AvgIpc) is 3.37. The van der Waals surface area contributed by atoms with Crippen molar-refractivity contribution in [1.82, 2.24) is 0 Å². The lowest BCUT2D eigenvalue weighted by molar-refractivity contribution is -0.132. The van der Waals surface area contributed by atoms with E-state index in [2.05, 4.69) is 0 Å². The van der Waals surface area contributed by atoms with Crippen LogP contribution in [-0.4, -0.2) is 23.9 Å². The van der Waals surface area contributed by atoms with Gasteiger partial charge in [0.2, 0.25) is 0 Å². The first-order valence-corrected chi connectivity index (χ1v) is 9.59. The molecule has 6 nitrogen and oxygen atoms in total. The molecular weight excluding hydrogens is 401 g/mol. The smallest absolute Gasteiger partial charge is 0.300 e. The van der Waals surface area contributed by atoms with Gasteiger partial charge in [0.1, 0.15) is 29.1 Å². The summed E-state index contributed by atoms with van der Waals surface area (Å²) in [5.41, 5.74) is 2.05. The van der Waals surface area contributed by atoms with E-state index in [1.165, 1.54) is 35.4 Å². The number of hydrogen-bond donors (Lipinski definition) is 1. The average molecular weight is 421 g/mol. The van der Waals surface area contributed by atoms with Crippen LogP contribution in [0.1, 0.15) is 28.5 Å². The van der Waals surface area contributed by atoms with E-state index in [1.807, 2.05) is 6.92 Å². The first-order chi connectivity index (χ1) is 14.8. The Hall–Kier alpha value is -3.87. The third-order valence-corrected chi connectivity index (χ3v) is 5.36. The predicted octanol–water partition coefficient (Wildman–Crippen LogP) is 4.67. The Kier molecular flexibility index (Phi) is 5.10. The summed E-state index contributed by atoms with van der Waals surface area (Å²) in [5, 5.41) is 11.2. The van der Waals surface area contributed by atoms with Crippen LogP contribution < -0.4 is 9.64 Å². The summed E-state index contributed by atoms with van der Waals surface area (Å²) in [6.07, 6.45) is 1.42. The zero-order chi connectivity index (χ0) is 22.3. The second-order valence-corrected chi connectivity index (χ2v) is 7.30. The minimum atomic E-state index is -0.998. The molecule has 1 unspecified atom stereocenters. The maximum atomic E-state index is 13.4. The number of hydrogen-bond acceptors (Lipinski definition) is 5. The molecule has 1 N–H and O–H groups in total. The van der Waals surface area contributed by atoms with E-state index in [4.69, 9.17) is 9.15 Å². The molecule has 1 aliphatic rings. The lowest BCUT2D eigenvalue weighted by atomic mass is 9.95. The number of aliphatic hydroxyl groups is 1. The molecule has 4 rings (SSSR count). The summed E-state index contributed by atoms with van der Waals surface area (Å²) in [4.78, 5) is 27.2. The van der Waals surface area contributed by atoms with Crippen LogP contribution >= 0.6 is 0 Å². The Labute approximate surface area is 178 Å². The van der Waals surface area contributed by atoms with Crippen molar-refractivity contribution in [2.24, 2.45) is 0 Å². The van der Waals surface area contributed by atoms with Gasteiger partial charge in [-0.3, -0.25) is 14.5 Å². The second kappa shape index (κ2) is 7.75. The lowest BCUT2D eigenvalue weighted by Gasteiger charge is -2.23. The Balaban J connectivity index is 1.94. The molecule has 158 valence electrons. The van der Waals surface area contributed by atoms with E-state index >= 15 is 0 Å². The summed E-state index contributed by atoms with van der Waals surface area (Å²) < 4.78 is 24.3. The number of furan rings is 1. The number of aryl methyl sites for hydroxylation is 2. The zero-order valence-electron chi connectivity index (χ0n) is 17.2. The number of nitrogens with zero attached hydrogens (tertiary/aromatic N) is 1. The van der Waals surface area contributed by atoms with Crippen LogP contribution in [0.3, 0.4) is 0 Å². The number of rotatable bonds is 4. The quantitative estimate of drug-likeness (QED) is 0.376. The molecule has 1 atom stereocenters. The molecule has 0 radical (unpaired) electrons. The number of halogens is 1. The standard InChI is InChI=1S/C24H20FNO5/c1-13-12-19(30-3)14(2)11-17(13)22(27)20-21(18-5-4-10-31-18)26(24(29)23(20)28)16-8-6-15(25)7-9-16/h4-12,21,27H,1-3H3/b22-20-. The summed E-state index contributed by atoms with van der Waals surface area (Å²) in [6.45, 7) is 3.59. The fourth-order valence-electron chi connectivity index (χ4n) is 3.83. The minimum Gasteiger partial charge on any atom is -0.507 e. The molecule has 0 bridgehead atoms. The van der Waals surface area contributed by atoms with Gasteiger partial charge >= 0.3 is 0 Å². The molecule has 1 aromatic heterocycles. The van der Waals surface area contributed by atoms with Crippen LogP contribution in [0.2, 0.25) is 0 Å². The van der Waals surface area contributed by atoms with Crippen molar-refractivity contribution in [3.05, 3.63) is 88.6 Å². The molecule has 1 fully saturated rings. The molecule has 0 saturated carbocycles. The number of ketones is 1. The van der Waals surface area contributed by atoms with Crippen LogP contribution in [0.5, 0.6) is 5.75 Å². The van der Waals surface area contributed by atoms with Crippen molar-refractivity contribution < 1.29 is 28.2 Å². The normalized spacial score (nSPS) is 17.9. The molecule has 0 spiro atoms. The highest BCUT2D eigenvalue weighted by molar-refractivity contribution is 6.51. The van der Waals surface area contributed by atoms with E-state index in [0.717, 1.165) is 5.56 Å². The van der Waals surface area contributed by atoms with Crippen molar-refractivity contribution in [1.29, 1.82) is 0 Å². The SMILES string of the molecule is COc1cc(C)c(/C(O)=C2/C(=O)C(=O)N(c3ccc(F)cc3)C2c2ccco2)cc1C. The third kappa shape index (κ3) is 3.38. The molecule has 0 aliphatic carbocycles. The molecule has 1 amide bonds. The fraction of sp³-hybridized carbons (Fsp3) is 0.167.